The third kappa shape index (κ3) is 5.40. The minimum atomic E-state index is -0.519. The van der Waals surface area contributed by atoms with E-state index in [2.05, 4.69) is 25.8 Å². The smallest absolute Gasteiger partial charge is 0.363 e. The zero-order valence-corrected chi connectivity index (χ0v) is 18.5. The van der Waals surface area contributed by atoms with Gasteiger partial charge in [0.1, 0.15) is 0 Å². The summed E-state index contributed by atoms with van der Waals surface area (Å²) in [5, 5.41) is 0. The molecule has 0 saturated heterocycles. The molecule has 6 nitrogen and oxygen atoms in total. The molecule has 162 valence electrons. The second-order valence-corrected chi connectivity index (χ2v) is 8.13. The number of nitrogens with zero attached hydrogens (tertiary/aromatic N) is 1. The third-order valence-electron chi connectivity index (χ3n) is 4.70. The van der Waals surface area contributed by atoms with E-state index >= 15 is 0 Å². The van der Waals surface area contributed by atoms with E-state index in [1.54, 1.807) is 31.2 Å². The Labute approximate surface area is 182 Å². The Bertz CT molecular complexity index is 1040. The average Bonchev–Trinajstić information content (AvgIpc) is 3.09. The molecule has 2 aromatic carbocycles. The van der Waals surface area contributed by atoms with Crippen LogP contribution >= 0.6 is 0 Å². The number of rotatable bonds is 6. The number of hydrogen-bond acceptors (Lipinski definition) is 6. The Kier molecular flexibility index (Phi) is 6.59. The maximum atomic E-state index is 12.3. The van der Waals surface area contributed by atoms with E-state index in [0.29, 0.717) is 23.7 Å². The van der Waals surface area contributed by atoms with E-state index in [9.17, 15) is 9.59 Å². The Hall–Kier alpha value is -3.41. The molecule has 1 heterocycles. The summed E-state index contributed by atoms with van der Waals surface area (Å²) < 4.78 is 16.3. The van der Waals surface area contributed by atoms with Crippen LogP contribution in [-0.4, -0.2) is 24.4 Å². The fourth-order valence-corrected chi connectivity index (χ4v) is 2.97. The highest BCUT2D eigenvalue weighted by molar-refractivity contribution is 6.12. The summed E-state index contributed by atoms with van der Waals surface area (Å²) >= 11 is 0. The van der Waals surface area contributed by atoms with Crippen molar-refractivity contribution in [3.05, 3.63) is 64.9 Å². The highest BCUT2D eigenvalue weighted by Crippen LogP contribution is 2.31. The molecule has 0 amide bonds. The van der Waals surface area contributed by atoms with Gasteiger partial charge in [0, 0.05) is 12.0 Å². The molecule has 0 saturated carbocycles. The van der Waals surface area contributed by atoms with Gasteiger partial charge < -0.3 is 14.2 Å². The lowest BCUT2D eigenvalue weighted by atomic mass is 9.87. The fourth-order valence-electron chi connectivity index (χ4n) is 2.97. The molecule has 0 radical (unpaired) electrons. The summed E-state index contributed by atoms with van der Waals surface area (Å²) in [6, 6.07) is 12.9. The monoisotopic (exact) mass is 421 g/mol. The quantitative estimate of drug-likeness (QED) is 0.371. The number of carbonyl (C=O) groups excluding carboxylic acids is 2. The van der Waals surface area contributed by atoms with E-state index in [1.807, 2.05) is 31.2 Å². The van der Waals surface area contributed by atoms with E-state index in [4.69, 9.17) is 14.2 Å². The molecule has 6 heteroatoms. The molecule has 3 rings (SSSR count). The van der Waals surface area contributed by atoms with Crippen LogP contribution in [0.5, 0.6) is 11.5 Å². The zero-order valence-electron chi connectivity index (χ0n) is 18.5. The van der Waals surface area contributed by atoms with Gasteiger partial charge in [-0.1, -0.05) is 45.9 Å². The normalized spacial score (nSPS) is 14.9. The first-order valence-corrected chi connectivity index (χ1v) is 10.3. The van der Waals surface area contributed by atoms with E-state index in [0.717, 1.165) is 5.56 Å². The second kappa shape index (κ2) is 9.16. The molecule has 0 unspecified atom stereocenters. The van der Waals surface area contributed by atoms with Gasteiger partial charge in [-0.2, -0.15) is 0 Å². The van der Waals surface area contributed by atoms with Crippen molar-refractivity contribution >= 4 is 23.9 Å². The van der Waals surface area contributed by atoms with Crippen LogP contribution in [0.25, 0.3) is 6.08 Å². The summed E-state index contributed by atoms with van der Waals surface area (Å²) in [5.74, 6) is 0.169. The molecule has 0 bridgehead atoms. The van der Waals surface area contributed by atoms with Gasteiger partial charge in [0.25, 0.3) is 0 Å². The predicted molar refractivity (Wildman–Crippen MR) is 119 cm³/mol. The van der Waals surface area contributed by atoms with Crippen molar-refractivity contribution in [2.45, 2.75) is 46.5 Å². The summed E-state index contributed by atoms with van der Waals surface area (Å²) in [6.45, 7) is 10.4. The van der Waals surface area contributed by atoms with E-state index < -0.39 is 5.97 Å². The van der Waals surface area contributed by atoms with Crippen molar-refractivity contribution in [3.8, 4) is 11.5 Å². The summed E-state index contributed by atoms with van der Waals surface area (Å²) in [5.41, 5.74) is 2.83. The Morgan fingerprint density at radius 2 is 1.77 bits per heavy atom. The van der Waals surface area contributed by atoms with Crippen LogP contribution < -0.4 is 9.47 Å². The summed E-state index contributed by atoms with van der Waals surface area (Å²) in [7, 11) is 0. The fraction of sp³-hybridized carbons (Fsp3) is 0.320. The van der Waals surface area contributed by atoms with E-state index in [-0.39, 0.29) is 29.4 Å². The third-order valence-corrected chi connectivity index (χ3v) is 4.70. The maximum Gasteiger partial charge on any atom is 0.363 e. The zero-order chi connectivity index (χ0) is 22.6. The van der Waals surface area contributed by atoms with Gasteiger partial charge in [-0.15, -0.1) is 0 Å². The van der Waals surface area contributed by atoms with Gasteiger partial charge in [-0.3, -0.25) is 4.79 Å². The van der Waals surface area contributed by atoms with Crippen molar-refractivity contribution in [2.24, 2.45) is 4.99 Å². The van der Waals surface area contributed by atoms with Crippen LogP contribution in [0.4, 0.5) is 0 Å². The van der Waals surface area contributed by atoms with Gasteiger partial charge in [0.05, 0.1) is 6.61 Å². The van der Waals surface area contributed by atoms with Gasteiger partial charge in [-0.25, -0.2) is 9.79 Å². The molecule has 0 N–H and O–H groups in total. The number of aliphatic imine (C=N–C) groups is 1. The lowest BCUT2D eigenvalue weighted by Gasteiger charge is -2.18. The number of benzene rings is 2. The first-order chi connectivity index (χ1) is 14.7. The molecule has 2 aromatic rings. The predicted octanol–water partition coefficient (Wildman–Crippen LogP) is 5.04. The molecule has 0 spiro atoms. The highest BCUT2D eigenvalue weighted by atomic mass is 16.6. The first kappa shape index (κ1) is 22.3. The van der Waals surface area contributed by atoms with Crippen molar-refractivity contribution in [1.29, 1.82) is 0 Å². The van der Waals surface area contributed by atoms with Crippen molar-refractivity contribution < 1.29 is 23.8 Å². The number of ether oxygens (including phenoxy) is 3. The van der Waals surface area contributed by atoms with Gasteiger partial charge in [-0.05, 0) is 53.8 Å². The molecule has 1 aliphatic rings. The molecule has 1 aliphatic heterocycles. The number of hydrogen-bond donors (Lipinski definition) is 0. The number of cyclic esters (lactones) is 1. The van der Waals surface area contributed by atoms with Gasteiger partial charge in [0.2, 0.25) is 5.90 Å². The van der Waals surface area contributed by atoms with Crippen LogP contribution in [0.15, 0.2) is 53.2 Å². The minimum absolute atomic E-state index is 0.0354. The number of carbonyl (C=O) groups is 2. The average molecular weight is 421 g/mol. The summed E-state index contributed by atoms with van der Waals surface area (Å²) in [6.07, 6.45) is 1.88. The lowest BCUT2D eigenvalue weighted by molar-refractivity contribution is -0.134. The molecule has 0 aromatic heterocycles. The van der Waals surface area contributed by atoms with Crippen molar-refractivity contribution in [2.75, 3.05) is 6.61 Å². The van der Waals surface area contributed by atoms with Crippen molar-refractivity contribution in [3.63, 3.8) is 0 Å². The Morgan fingerprint density at radius 1 is 1.06 bits per heavy atom. The topological polar surface area (TPSA) is 74.2 Å². The van der Waals surface area contributed by atoms with E-state index in [1.165, 1.54) is 5.56 Å². The molecule has 0 aliphatic carbocycles. The molecular weight excluding hydrogens is 394 g/mol. The van der Waals surface area contributed by atoms with Gasteiger partial charge in [0.15, 0.2) is 17.2 Å². The highest BCUT2D eigenvalue weighted by Gasteiger charge is 2.25. The summed E-state index contributed by atoms with van der Waals surface area (Å²) in [4.78, 5) is 28.3. The first-order valence-electron chi connectivity index (χ1n) is 10.3. The lowest BCUT2D eigenvalue weighted by Crippen LogP contribution is -2.11. The van der Waals surface area contributed by atoms with Crippen LogP contribution in [-0.2, 0) is 19.7 Å². The Morgan fingerprint density at radius 3 is 2.39 bits per heavy atom. The largest absolute Gasteiger partial charge is 0.490 e. The molecule has 31 heavy (non-hydrogen) atoms. The van der Waals surface area contributed by atoms with Gasteiger partial charge >= 0.3 is 11.9 Å². The van der Waals surface area contributed by atoms with Crippen LogP contribution in [0, 0.1) is 0 Å². The number of esters is 2. The van der Waals surface area contributed by atoms with Crippen LogP contribution in [0.3, 0.4) is 0 Å². The molecule has 0 fully saturated rings. The van der Waals surface area contributed by atoms with Crippen molar-refractivity contribution in [1.82, 2.24) is 0 Å². The Balaban J connectivity index is 1.87. The second-order valence-electron chi connectivity index (χ2n) is 8.13. The SMILES string of the molecule is CCOc1cc(C=C2N=C(c3ccc(C(C)(C)C)cc3)OC2=O)ccc1OC(=O)CC. The van der Waals surface area contributed by atoms with Crippen LogP contribution in [0.2, 0.25) is 0 Å². The standard InChI is InChI=1S/C25H27NO5/c1-6-22(27)30-20-13-8-16(15-21(20)29-7-2)14-19-24(28)31-23(26-19)17-9-11-18(12-10-17)25(3,4)5/h8-15H,6-7H2,1-5H3. The van der Waals surface area contributed by atoms with Crippen LogP contribution in [0.1, 0.15) is 57.7 Å². The molecule has 0 atom stereocenters. The maximum absolute atomic E-state index is 12.3. The molecular formula is C25H27NO5. The minimum Gasteiger partial charge on any atom is -0.490 e.